The summed E-state index contributed by atoms with van der Waals surface area (Å²) >= 11 is 0. The second-order valence-corrected chi connectivity index (χ2v) is 3.61. The zero-order valence-corrected chi connectivity index (χ0v) is 9.34. The molecular weight excluding hydrogens is 220 g/mol. The smallest absolute Gasteiger partial charge is 0.248 e. The number of carbonyl (C=O) groups excluding carboxylic acids is 1. The van der Waals surface area contributed by atoms with Crippen molar-refractivity contribution in [2.24, 2.45) is 5.73 Å². The predicted octanol–water partition coefficient (Wildman–Crippen LogP) is 1.66. The molecule has 0 unspecified atom stereocenters. The van der Waals surface area contributed by atoms with Gasteiger partial charge in [0, 0.05) is 11.6 Å². The number of hydrogen-bond donors (Lipinski definition) is 1. The van der Waals surface area contributed by atoms with E-state index in [2.05, 4.69) is 5.16 Å². The fourth-order valence-electron chi connectivity index (χ4n) is 1.36. The van der Waals surface area contributed by atoms with Crippen molar-refractivity contribution < 1.29 is 14.1 Å². The Morgan fingerprint density at radius 2 is 2.12 bits per heavy atom. The molecule has 0 aliphatic heterocycles. The zero-order chi connectivity index (χ0) is 12.3. The molecule has 0 fully saturated rings. The van der Waals surface area contributed by atoms with E-state index >= 15 is 0 Å². The van der Waals surface area contributed by atoms with Crippen molar-refractivity contribution in [3.63, 3.8) is 0 Å². The van der Waals surface area contributed by atoms with Gasteiger partial charge in [0.15, 0.2) is 0 Å². The largest absolute Gasteiger partial charge is 0.487 e. The summed E-state index contributed by atoms with van der Waals surface area (Å²) in [6.45, 7) is 2.14. The van der Waals surface area contributed by atoms with Crippen LogP contribution in [0.3, 0.4) is 0 Å². The molecule has 5 heteroatoms. The monoisotopic (exact) mass is 232 g/mol. The molecule has 0 bridgehead atoms. The first-order chi connectivity index (χ1) is 8.15. The second kappa shape index (κ2) is 4.69. The average Bonchev–Trinajstić information content (AvgIpc) is 2.73. The number of carbonyl (C=O) groups is 1. The number of benzene rings is 1. The third kappa shape index (κ3) is 2.84. The minimum atomic E-state index is -0.455. The zero-order valence-electron chi connectivity index (χ0n) is 9.34. The summed E-state index contributed by atoms with van der Waals surface area (Å²) in [6.07, 6.45) is 0. The molecule has 0 aliphatic carbocycles. The Hall–Kier alpha value is -2.30. The Morgan fingerprint density at radius 3 is 2.65 bits per heavy atom. The van der Waals surface area contributed by atoms with Crippen molar-refractivity contribution in [2.45, 2.75) is 13.5 Å². The van der Waals surface area contributed by atoms with Crippen molar-refractivity contribution in [1.29, 1.82) is 0 Å². The summed E-state index contributed by atoms with van der Waals surface area (Å²) in [5.41, 5.74) is 6.31. The molecule has 1 heterocycles. The van der Waals surface area contributed by atoms with E-state index in [1.165, 1.54) is 0 Å². The number of aromatic nitrogens is 1. The van der Waals surface area contributed by atoms with Crippen molar-refractivity contribution in [2.75, 3.05) is 0 Å². The number of rotatable bonds is 4. The average molecular weight is 232 g/mol. The van der Waals surface area contributed by atoms with Gasteiger partial charge < -0.3 is 15.0 Å². The van der Waals surface area contributed by atoms with Gasteiger partial charge in [-0.2, -0.15) is 0 Å². The van der Waals surface area contributed by atoms with E-state index in [0.29, 0.717) is 17.9 Å². The fraction of sp³-hybridized carbons (Fsp3) is 0.167. The van der Waals surface area contributed by atoms with Crippen molar-refractivity contribution in [3.05, 3.63) is 47.3 Å². The summed E-state index contributed by atoms with van der Waals surface area (Å²) in [4.78, 5) is 10.9. The van der Waals surface area contributed by atoms with Gasteiger partial charge in [-0.15, -0.1) is 0 Å². The third-order valence-electron chi connectivity index (χ3n) is 2.20. The highest BCUT2D eigenvalue weighted by Crippen LogP contribution is 2.14. The molecule has 0 saturated heterocycles. The van der Waals surface area contributed by atoms with E-state index in [1.54, 1.807) is 30.3 Å². The van der Waals surface area contributed by atoms with Crippen LogP contribution in [0.1, 0.15) is 21.8 Å². The van der Waals surface area contributed by atoms with Crippen molar-refractivity contribution >= 4 is 5.91 Å². The number of aryl methyl sites for hydroxylation is 1. The second-order valence-electron chi connectivity index (χ2n) is 3.61. The summed E-state index contributed by atoms with van der Waals surface area (Å²) in [7, 11) is 0. The first-order valence-corrected chi connectivity index (χ1v) is 5.10. The highest BCUT2D eigenvalue weighted by atomic mass is 16.5. The van der Waals surface area contributed by atoms with Gasteiger partial charge in [-0.25, -0.2) is 0 Å². The molecule has 0 aliphatic rings. The minimum absolute atomic E-state index is 0.327. The Morgan fingerprint density at radius 1 is 1.41 bits per heavy atom. The van der Waals surface area contributed by atoms with Crippen LogP contribution in [0, 0.1) is 6.92 Å². The Bertz CT molecular complexity index is 517. The lowest BCUT2D eigenvalue weighted by Crippen LogP contribution is -2.10. The van der Waals surface area contributed by atoms with Crippen LogP contribution >= 0.6 is 0 Å². The lowest BCUT2D eigenvalue weighted by atomic mass is 10.2. The number of nitrogens with zero attached hydrogens (tertiary/aromatic N) is 1. The maximum Gasteiger partial charge on any atom is 0.248 e. The molecule has 0 saturated carbocycles. The Kier molecular flexibility index (Phi) is 3.09. The van der Waals surface area contributed by atoms with Crippen LogP contribution in [0.5, 0.6) is 5.75 Å². The van der Waals surface area contributed by atoms with Crippen LogP contribution < -0.4 is 10.5 Å². The Labute approximate surface area is 98.2 Å². The lowest BCUT2D eigenvalue weighted by Gasteiger charge is -2.03. The number of ether oxygens (including phenoxy) is 1. The van der Waals surface area contributed by atoms with Crippen LogP contribution in [0.25, 0.3) is 0 Å². The van der Waals surface area contributed by atoms with Crippen LogP contribution in [-0.2, 0) is 6.61 Å². The van der Waals surface area contributed by atoms with E-state index in [4.69, 9.17) is 15.0 Å². The Balaban J connectivity index is 1.97. The van der Waals surface area contributed by atoms with Crippen molar-refractivity contribution in [3.8, 4) is 5.75 Å². The maximum absolute atomic E-state index is 10.9. The van der Waals surface area contributed by atoms with Crippen LogP contribution in [0.15, 0.2) is 34.9 Å². The predicted molar refractivity (Wildman–Crippen MR) is 60.5 cm³/mol. The maximum atomic E-state index is 10.9. The standard InChI is InChI=1S/C12H12N2O3/c1-8-6-10(14-17-8)7-16-11-4-2-9(3-5-11)12(13)15/h2-6H,7H2,1H3,(H2,13,15). The van der Waals surface area contributed by atoms with Crippen LogP contribution in [0.4, 0.5) is 0 Å². The molecular formula is C12H12N2O3. The lowest BCUT2D eigenvalue weighted by molar-refractivity contribution is 0.100. The van der Waals surface area contributed by atoms with Gasteiger partial charge in [0.25, 0.3) is 0 Å². The SMILES string of the molecule is Cc1cc(COc2ccc(C(N)=O)cc2)no1. The number of nitrogens with two attached hydrogens (primary N) is 1. The van der Waals surface area contributed by atoms with Crippen LogP contribution in [-0.4, -0.2) is 11.1 Å². The molecule has 0 spiro atoms. The molecule has 17 heavy (non-hydrogen) atoms. The number of amides is 1. The molecule has 5 nitrogen and oxygen atoms in total. The first kappa shape index (κ1) is 11.2. The minimum Gasteiger partial charge on any atom is -0.487 e. The van der Waals surface area contributed by atoms with Gasteiger partial charge in [0.1, 0.15) is 23.8 Å². The van der Waals surface area contributed by atoms with E-state index < -0.39 is 5.91 Å². The molecule has 2 aromatic rings. The summed E-state index contributed by atoms with van der Waals surface area (Å²) in [6, 6.07) is 8.41. The van der Waals surface area contributed by atoms with Gasteiger partial charge in [-0.3, -0.25) is 4.79 Å². The molecule has 2 N–H and O–H groups in total. The van der Waals surface area contributed by atoms with E-state index in [0.717, 1.165) is 11.5 Å². The van der Waals surface area contributed by atoms with Crippen LogP contribution in [0.2, 0.25) is 0 Å². The molecule has 1 amide bonds. The quantitative estimate of drug-likeness (QED) is 0.869. The summed E-state index contributed by atoms with van der Waals surface area (Å²) in [5.74, 6) is 0.937. The molecule has 0 radical (unpaired) electrons. The summed E-state index contributed by atoms with van der Waals surface area (Å²) in [5, 5.41) is 3.80. The number of primary amides is 1. The molecule has 2 rings (SSSR count). The molecule has 1 aromatic carbocycles. The van der Waals surface area contributed by atoms with Gasteiger partial charge >= 0.3 is 0 Å². The van der Waals surface area contributed by atoms with Gasteiger partial charge in [0.2, 0.25) is 5.91 Å². The third-order valence-corrected chi connectivity index (χ3v) is 2.20. The number of hydrogen-bond acceptors (Lipinski definition) is 4. The molecule has 0 atom stereocenters. The van der Waals surface area contributed by atoms with E-state index in [-0.39, 0.29) is 0 Å². The normalized spacial score (nSPS) is 10.2. The highest BCUT2D eigenvalue weighted by Gasteiger charge is 2.03. The molecule has 1 aromatic heterocycles. The van der Waals surface area contributed by atoms with E-state index in [9.17, 15) is 4.79 Å². The fourth-order valence-corrected chi connectivity index (χ4v) is 1.36. The first-order valence-electron chi connectivity index (χ1n) is 5.10. The van der Waals surface area contributed by atoms with Crippen molar-refractivity contribution in [1.82, 2.24) is 5.16 Å². The van der Waals surface area contributed by atoms with Gasteiger partial charge in [-0.1, -0.05) is 5.16 Å². The highest BCUT2D eigenvalue weighted by molar-refractivity contribution is 5.92. The van der Waals surface area contributed by atoms with Gasteiger partial charge in [0.05, 0.1) is 0 Å². The van der Waals surface area contributed by atoms with E-state index in [1.807, 2.05) is 6.92 Å². The van der Waals surface area contributed by atoms with Gasteiger partial charge in [-0.05, 0) is 31.2 Å². The summed E-state index contributed by atoms with van der Waals surface area (Å²) < 4.78 is 10.4. The topological polar surface area (TPSA) is 78.4 Å². The molecule has 88 valence electrons.